The van der Waals surface area contributed by atoms with Gasteiger partial charge in [-0.2, -0.15) is 0 Å². The van der Waals surface area contributed by atoms with E-state index in [4.69, 9.17) is 0 Å². The molecule has 17 heavy (non-hydrogen) atoms. The summed E-state index contributed by atoms with van der Waals surface area (Å²) in [5, 5.41) is 8.19. The Hall–Kier alpha value is -1.32. The van der Waals surface area contributed by atoms with Crippen molar-refractivity contribution in [1.82, 2.24) is 15.6 Å². The maximum Gasteiger partial charge on any atom is 0.0457 e. The van der Waals surface area contributed by atoms with Crippen LogP contribution >= 0.6 is 0 Å². The molecule has 1 aromatic carbocycles. The first-order valence-electron chi connectivity index (χ1n) is 6.30. The van der Waals surface area contributed by atoms with Gasteiger partial charge in [0.05, 0.1) is 0 Å². The van der Waals surface area contributed by atoms with Crippen molar-refractivity contribution in [3.8, 4) is 0 Å². The van der Waals surface area contributed by atoms with Gasteiger partial charge >= 0.3 is 0 Å². The molecule has 1 atom stereocenters. The van der Waals surface area contributed by atoms with Crippen LogP contribution in [0.4, 0.5) is 0 Å². The summed E-state index contributed by atoms with van der Waals surface area (Å²) < 4.78 is 0. The van der Waals surface area contributed by atoms with Crippen molar-refractivity contribution >= 4 is 10.9 Å². The third-order valence-electron chi connectivity index (χ3n) is 3.02. The van der Waals surface area contributed by atoms with E-state index in [0.717, 1.165) is 19.6 Å². The van der Waals surface area contributed by atoms with Crippen LogP contribution in [0, 0.1) is 0 Å². The van der Waals surface area contributed by atoms with Crippen LogP contribution in [0.1, 0.15) is 19.4 Å². The van der Waals surface area contributed by atoms with Crippen molar-refractivity contribution in [1.29, 1.82) is 0 Å². The van der Waals surface area contributed by atoms with E-state index >= 15 is 0 Å². The number of aromatic nitrogens is 1. The molecule has 3 heteroatoms. The van der Waals surface area contributed by atoms with E-state index < -0.39 is 0 Å². The number of hydrogen-bond acceptors (Lipinski definition) is 2. The molecule has 1 aromatic heterocycles. The second kappa shape index (κ2) is 5.84. The lowest BCUT2D eigenvalue weighted by atomic mass is 10.1. The summed E-state index contributed by atoms with van der Waals surface area (Å²) in [5.74, 6) is 0. The largest absolute Gasteiger partial charge is 0.361 e. The summed E-state index contributed by atoms with van der Waals surface area (Å²) in [6.07, 6.45) is 2.09. The molecule has 1 unspecified atom stereocenters. The average molecular weight is 231 g/mol. The Morgan fingerprint density at radius 1 is 1.29 bits per heavy atom. The Morgan fingerprint density at radius 2 is 2.12 bits per heavy atom. The maximum atomic E-state index is 3.53. The Labute approximate surface area is 103 Å². The molecule has 0 saturated heterocycles. The van der Waals surface area contributed by atoms with Crippen LogP contribution in [0.5, 0.6) is 0 Å². The number of hydrogen-bond donors (Lipinski definition) is 3. The van der Waals surface area contributed by atoms with Gasteiger partial charge < -0.3 is 15.6 Å². The number of para-hydroxylation sites is 1. The van der Waals surface area contributed by atoms with E-state index in [0.29, 0.717) is 6.04 Å². The van der Waals surface area contributed by atoms with E-state index in [1.165, 1.54) is 16.5 Å². The Bertz CT molecular complexity index is 461. The molecule has 0 spiro atoms. The highest BCUT2D eigenvalue weighted by molar-refractivity contribution is 5.82. The number of aromatic amines is 1. The molecule has 0 bridgehead atoms. The number of nitrogens with one attached hydrogen (secondary N) is 3. The fraction of sp³-hybridized carbons (Fsp3) is 0.429. The quantitative estimate of drug-likeness (QED) is 0.713. The molecule has 1 heterocycles. The van der Waals surface area contributed by atoms with E-state index in [-0.39, 0.29) is 0 Å². The third kappa shape index (κ3) is 3.08. The Balaban J connectivity index is 1.95. The molecular formula is C14H21N3. The first-order chi connectivity index (χ1) is 8.31. The van der Waals surface area contributed by atoms with Crippen LogP contribution in [-0.4, -0.2) is 24.1 Å². The molecule has 0 aliphatic rings. The molecule has 2 aromatic rings. The fourth-order valence-corrected chi connectivity index (χ4v) is 2.00. The Kier molecular flexibility index (Phi) is 4.18. The summed E-state index contributed by atoms with van der Waals surface area (Å²) in [4.78, 5) is 3.30. The molecule has 0 aliphatic heterocycles. The number of rotatable bonds is 6. The zero-order valence-electron chi connectivity index (χ0n) is 10.6. The number of H-pyrrole nitrogens is 1. The lowest BCUT2D eigenvalue weighted by molar-refractivity contribution is 0.510. The van der Waals surface area contributed by atoms with Gasteiger partial charge in [-0.3, -0.25) is 0 Å². The Morgan fingerprint density at radius 3 is 2.94 bits per heavy atom. The van der Waals surface area contributed by atoms with Gasteiger partial charge in [0.25, 0.3) is 0 Å². The second-order valence-corrected chi connectivity index (χ2v) is 4.45. The van der Waals surface area contributed by atoms with E-state index in [2.05, 4.69) is 59.9 Å². The van der Waals surface area contributed by atoms with Gasteiger partial charge in [0.2, 0.25) is 0 Å². The summed E-state index contributed by atoms with van der Waals surface area (Å²) in [6, 6.07) is 8.91. The smallest absolute Gasteiger partial charge is 0.0457 e. The standard InChI is InChI=1S/C14H21N3/c1-3-15-8-11(2)16-9-12-10-17-14-7-5-4-6-13(12)14/h4-7,10-11,15-17H,3,8-9H2,1-2H3. The van der Waals surface area contributed by atoms with Gasteiger partial charge in [-0.1, -0.05) is 25.1 Å². The monoisotopic (exact) mass is 231 g/mol. The molecule has 0 aliphatic carbocycles. The van der Waals surface area contributed by atoms with E-state index in [1.807, 2.05) is 0 Å². The summed E-state index contributed by atoms with van der Waals surface area (Å²) in [5.41, 5.74) is 2.55. The predicted octanol–water partition coefficient (Wildman–Crippen LogP) is 2.26. The highest BCUT2D eigenvalue weighted by Crippen LogP contribution is 2.17. The zero-order chi connectivity index (χ0) is 12.1. The fourth-order valence-electron chi connectivity index (χ4n) is 2.00. The minimum atomic E-state index is 0.489. The van der Waals surface area contributed by atoms with Crippen molar-refractivity contribution in [2.75, 3.05) is 13.1 Å². The van der Waals surface area contributed by atoms with Crippen LogP contribution in [0.15, 0.2) is 30.5 Å². The SMILES string of the molecule is CCNCC(C)NCc1c[nH]c2ccccc12. The van der Waals surface area contributed by atoms with Crippen LogP contribution in [0.3, 0.4) is 0 Å². The second-order valence-electron chi connectivity index (χ2n) is 4.45. The topological polar surface area (TPSA) is 39.8 Å². The highest BCUT2D eigenvalue weighted by atomic mass is 15.0. The lowest BCUT2D eigenvalue weighted by Gasteiger charge is -2.13. The average Bonchev–Trinajstić information content (AvgIpc) is 2.77. The minimum absolute atomic E-state index is 0.489. The lowest BCUT2D eigenvalue weighted by Crippen LogP contribution is -2.35. The van der Waals surface area contributed by atoms with Crippen molar-refractivity contribution in [3.63, 3.8) is 0 Å². The summed E-state index contributed by atoms with van der Waals surface area (Å²) in [6.45, 7) is 7.29. The first-order valence-corrected chi connectivity index (χ1v) is 6.30. The van der Waals surface area contributed by atoms with Crippen LogP contribution < -0.4 is 10.6 Å². The molecular weight excluding hydrogens is 210 g/mol. The van der Waals surface area contributed by atoms with Crippen molar-refractivity contribution < 1.29 is 0 Å². The zero-order valence-corrected chi connectivity index (χ0v) is 10.6. The molecule has 92 valence electrons. The number of likely N-dealkylation sites (N-methyl/N-ethyl adjacent to an activating group) is 1. The molecule has 0 amide bonds. The van der Waals surface area contributed by atoms with Gasteiger partial charge in [-0.25, -0.2) is 0 Å². The number of benzene rings is 1. The van der Waals surface area contributed by atoms with Crippen molar-refractivity contribution in [3.05, 3.63) is 36.0 Å². The minimum Gasteiger partial charge on any atom is -0.361 e. The van der Waals surface area contributed by atoms with Gasteiger partial charge in [0.15, 0.2) is 0 Å². The summed E-state index contributed by atoms with van der Waals surface area (Å²) >= 11 is 0. The van der Waals surface area contributed by atoms with Crippen LogP contribution in [-0.2, 0) is 6.54 Å². The van der Waals surface area contributed by atoms with Crippen molar-refractivity contribution in [2.45, 2.75) is 26.4 Å². The van der Waals surface area contributed by atoms with Crippen LogP contribution in [0.2, 0.25) is 0 Å². The third-order valence-corrected chi connectivity index (χ3v) is 3.02. The highest BCUT2D eigenvalue weighted by Gasteiger charge is 2.04. The molecule has 3 nitrogen and oxygen atoms in total. The van der Waals surface area contributed by atoms with Gasteiger partial charge in [-0.15, -0.1) is 0 Å². The molecule has 0 saturated carbocycles. The van der Waals surface area contributed by atoms with E-state index in [1.54, 1.807) is 0 Å². The van der Waals surface area contributed by atoms with Crippen molar-refractivity contribution in [2.24, 2.45) is 0 Å². The molecule has 2 rings (SSSR count). The molecule has 0 radical (unpaired) electrons. The van der Waals surface area contributed by atoms with E-state index in [9.17, 15) is 0 Å². The van der Waals surface area contributed by atoms with Gasteiger partial charge in [0, 0.05) is 36.2 Å². The van der Waals surface area contributed by atoms with Crippen LogP contribution in [0.25, 0.3) is 10.9 Å². The van der Waals surface area contributed by atoms with Gasteiger partial charge in [0.1, 0.15) is 0 Å². The summed E-state index contributed by atoms with van der Waals surface area (Å²) in [7, 11) is 0. The normalized spacial score (nSPS) is 13.1. The number of fused-ring (bicyclic) bond motifs is 1. The first kappa shape index (κ1) is 12.1. The maximum absolute atomic E-state index is 3.53. The molecule has 0 fully saturated rings. The van der Waals surface area contributed by atoms with Gasteiger partial charge in [-0.05, 0) is 25.1 Å². The predicted molar refractivity (Wildman–Crippen MR) is 73.1 cm³/mol. The molecule has 3 N–H and O–H groups in total.